The molecule has 3 aliphatic rings. The Kier molecular flexibility index (Phi) is 2.69. The van der Waals surface area contributed by atoms with Crippen molar-refractivity contribution in [3.8, 4) is 5.75 Å². The molecule has 2 nitrogen and oxygen atoms in total. The molecule has 4 rings (SSSR count). The van der Waals surface area contributed by atoms with Crippen molar-refractivity contribution in [3.63, 3.8) is 0 Å². The van der Waals surface area contributed by atoms with Gasteiger partial charge in [-0.05, 0) is 85.0 Å². The van der Waals surface area contributed by atoms with Crippen LogP contribution in [-0.4, -0.2) is 11.1 Å². The third-order valence-corrected chi connectivity index (χ3v) is 6.78. The highest BCUT2D eigenvalue weighted by Crippen LogP contribution is 2.60. The van der Waals surface area contributed by atoms with Gasteiger partial charge in [0.25, 0.3) is 0 Å². The number of aryl methyl sites for hydroxylation is 1. The molecule has 2 fully saturated rings. The molecule has 0 aliphatic heterocycles. The first-order valence-corrected chi connectivity index (χ1v) is 8.17. The van der Waals surface area contributed by atoms with E-state index >= 15 is 0 Å². The number of hydrogen-bond donors (Lipinski definition) is 2. The fraction of sp³-hybridized carbons (Fsp3) is 0.667. The van der Waals surface area contributed by atoms with Crippen LogP contribution in [0.15, 0.2) is 18.2 Å². The third kappa shape index (κ3) is 1.60. The second-order valence-electron chi connectivity index (χ2n) is 7.53. The van der Waals surface area contributed by atoms with Gasteiger partial charge in [0.15, 0.2) is 0 Å². The zero-order valence-electron chi connectivity index (χ0n) is 12.3. The summed E-state index contributed by atoms with van der Waals surface area (Å²) in [5.74, 6) is 2.77. The summed E-state index contributed by atoms with van der Waals surface area (Å²) in [6.45, 7) is 2.44. The van der Waals surface area contributed by atoms with E-state index in [-0.39, 0.29) is 0 Å². The predicted molar refractivity (Wildman–Crippen MR) is 80.7 cm³/mol. The molecule has 20 heavy (non-hydrogen) atoms. The lowest BCUT2D eigenvalue weighted by atomic mass is 9.55. The molecule has 0 saturated heterocycles. The topological polar surface area (TPSA) is 46.2 Å². The van der Waals surface area contributed by atoms with Crippen molar-refractivity contribution in [3.05, 3.63) is 29.3 Å². The molecule has 2 saturated carbocycles. The number of benzene rings is 1. The molecule has 0 radical (unpaired) electrons. The van der Waals surface area contributed by atoms with E-state index in [0.29, 0.717) is 23.1 Å². The molecular formula is C18H25NO. The van der Waals surface area contributed by atoms with Gasteiger partial charge >= 0.3 is 0 Å². The Balaban J connectivity index is 1.71. The molecule has 3 aliphatic carbocycles. The van der Waals surface area contributed by atoms with E-state index in [4.69, 9.17) is 5.73 Å². The van der Waals surface area contributed by atoms with Gasteiger partial charge in [0.05, 0.1) is 0 Å². The largest absolute Gasteiger partial charge is 0.508 e. The molecule has 0 heterocycles. The van der Waals surface area contributed by atoms with Gasteiger partial charge in [0, 0.05) is 6.04 Å². The van der Waals surface area contributed by atoms with Crippen LogP contribution in [0.1, 0.15) is 56.1 Å². The Morgan fingerprint density at radius 1 is 1.20 bits per heavy atom. The molecule has 1 aromatic rings. The smallest absolute Gasteiger partial charge is 0.115 e. The molecule has 0 unspecified atom stereocenters. The lowest BCUT2D eigenvalue weighted by Crippen LogP contribution is -2.46. The van der Waals surface area contributed by atoms with Crippen molar-refractivity contribution in [2.45, 2.75) is 57.4 Å². The predicted octanol–water partition coefficient (Wildman–Crippen LogP) is 3.58. The Morgan fingerprint density at radius 3 is 2.90 bits per heavy atom. The minimum atomic E-state index is 0.385. The third-order valence-electron chi connectivity index (χ3n) is 6.78. The normalized spacial score (nSPS) is 42.7. The average Bonchev–Trinajstić information content (AvgIpc) is 2.74. The fourth-order valence-corrected chi connectivity index (χ4v) is 5.61. The lowest BCUT2D eigenvalue weighted by molar-refractivity contribution is 0.0496. The van der Waals surface area contributed by atoms with Gasteiger partial charge in [-0.1, -0.05) is 13.0 Å². The van der Waals surface area contributed by atoms with Crippen molar-refractivity contribution >= 4 is 0 Å². The lowest BCUT2D eigenvalue weighted by Gasteiger charge is -2.50. The number of aromatic hydroxyl groups is 1. The van der Waals surface area contributed by atoms with Gasteiger partial charge in [-0.3, -0.25) is 0 Å². The van der Waals surface area contributed by atoms with Crippen LogP contribution in [0.4, 0.5) is 0 Å². The maximum absolute atomic E-state index is 9.69. The van der Waals surface area contributed by atoms with Crippen LogP contribution < -0.4 is 5.73 Å². The molecule has 0 amide bonds. The van der Waals surface area contributed by atoms with Crippen LogP contribution in [0.5, 0.6) is 5.75 Å². The molecule has 1 aromatic carbocycles. The van der Waals surface area contributed by atoms with E-state index in [9.17, 15) is 5.11 Å². The second-order valence-corrected chi connectivity index (χ2v) is 7.53. The van der Waals surface area contributed by atoms with Gasteiger partial charge in [-0.25, -0.2) is 0 Å². The summed E-state index contributed by atoms with van der Waals surface area (Å²) >= 11 is 0. The van der Waals surface area contributed by atoms with Gasteiger partial charge in [0.1, 0.15) is 5.75 Å². The molecule has 5 atom stereocenters. The zero-order chi connectivity index (χ0) is 13.9. The van der Waals surface area contributed by atoms with Crippen molar-refractivity contribution in [1.82, 2.24) is 0 Å². The Labute approximate surface area is 121 Å². The van der Waals surface area contributed by atoms with Crippen LogP contribution in [0.25, 0.3) is 0 Å². The molecular weight excluding hydrogens is 246 g/mol. The quantitative estimate of drug-likeness (QED) is 0.757. The molecule has 0 spiro atoms. The molecule has 108 valence electrons. The van der Waals surface area contributed by atoms with Crippen molar-refractivity contribution < 1.29 is 5.11 Å². The van der Waals surface area contributed by atoms with Crippen molar-refractivity contribution in [1.29, 1.82) is 0 Å². The van der Waals surface area contributed by atoms with E-state index in [2.05, 4.69) is 13.0 Å². The SMILES string of the molecule is C[C@]12CC[C@@H]3c4ccc(O)cc4CC[C@H]3[C@@H]1CC[C@H]2N. The van der Waals surface area contributed by atoms with E-state index < -0.39 is 0 Å². The van der Waals surface area contributed by atoms with Crippen LogP contribution in [0, 0.1) is 17.3 Å². The molecule has 0 aromatic heterocycles. The van der Waals surface area contributed by atoms with Gasteiger partial charge in [-0.15, -0.1) is 0 Å². The number of phenolic OH excluding ortho intramolecular Hbond substituents is 1. The van der Waals surface area contributed by atoms with Crippen LogP contribution in [0.2, 0.25) is 0 Å². The summed E-state index contributed by atoms with van der Waals surface area (Å²) in [6.07, 6.45) is 7.52. The van der Waals surface area contributed by atoms with Crippen LogP contribution in [-0.2, 0) is 6.42 Å². The molecule has 2 heteroatoms. The maximum atomic E-state index is 9.69. The first kappa shape index (κ1) is 12.7. The highest BCUT2D eigenvalue weighted by molar-refractivity contribution is 5.40. The highest BCUT2D eigenvalue weighted by atomic mass is 16.3. The summed E-state index contributed by atoms with van der Waals surface area (Å²) in [5.41, 5.74) is 9.71. The summed E-state index contributed by atoms with van der Waals surface area (Å²) in [6, 6.07) is 6.45. The van der Waals surface area contributed by atoms with Crippen LogP contribution in [0.3, 0.4) is 0 Å². The number of phenols is 1. The summed E-state index contributed by atoms with van der Waals surface area (Å²) < 4.78 is 0. The van der Waals surface area contributed by atoms with E-state index in [1.807, 2.05) is 12.1 Å². The monoisotopic (exact) mass is 271 g/mol. The fourth-order valence-electron chi connectivity index (χ4n) is 5.61. The van der Waals surface area contributed by atoms with Crippen LogP contribution >= 0.6 is 0 Å². The second kappa shape index (κ2) is 4.24. The van der Waals surface area contributed by atoms with Gasteiger partial charge in [0.2, 0.25) is 0 Å². The van der Waals surface area contributed by atoms with E-state index in [1.165, 1.54) is 43.2 Å². The van der Waals surface area contributed by atoms with Crippen molar-refractivity contribution in [2.75, 3.05) is 0 Å². The summed E-state index contributed by atoms with van der Waals surface area (Å²) in [4.78, 5) is 0. The number of rotatable bonds is 0. The molecule has 3 N–H and O–H groups in total. The first-order valence-electron chi connectivity index (χ1n) is 8.17. The Morgan fingerprint density at radius 2 is 2.05 bits per heavy atom. The number of hydrogen-bond acceptors (Lipinski definition) is 2. The van der Waals surface area contributed by atoms with Crippen molar-refractivity contribution in [2.24, 2.45) is 23.0 Å². The number of fused-ring (bicyclic) bond motifs is 5. The number of nitrogens with two attached hydrogens (primary N) is 1. The zero-order valence-corrected chi connectivity index (χ0v) is 12.3. The van der Waals surface area contributed by atoms with Gasteiger partial charge in [-0.2, -0.15) is 0 Å². The minimum Gasteiger partial charge on any atom is -0.508 e. The Hall–Kier alpha value is -1.02. The summed E-state index contributed by atoms with van der Waals surface area (Å²) in [5, 5.41) is 9.69. The molecule has 0 bridgehead atoms. The Bertz CT molecular complexity index is 540. The average molecular weight is 271 g/mol. The standard InChI is InChI=1S/C18H25NO/c1-18-9-8-14-13-5-3-12(20)10-11(13)2-4-15(14)16(18)6-7-17(18)19/h3,5,10,14-17,20H,2,4,6-9,19H2,1H3/t14-,15-,16+,17-,18+/m1/s1. The minimum absolute atomic E-state index is 0.385. The van der Waals surface area contributed by atoms with E-state index in [0.717, 1.165) is 18.3 Å². The highest BCUT2D eigenvalue weighted by Gasteiger charge is 2.53. The van der Waals surface area contributed by atoms with E-state index in [1.54, 1.807) is 0 Å². The summed E-state index contributed by atoms with van der Waals surface area (Å²) in [7, 11) is 0. The van der Waals surface area contributed by atoms with Gasteiger partial charge < -0.3 is 10.8 Å². The maximum Gasteiger partial charge on any atom is 0.115 e. The first-order chi connectivity index (χ1) is 9.59.